The van der Waals surface area contributed by atoms with Crippen molar-refractivity contribution < 1.29 is 5.11 Å². The highest BCUT2D eigenvalue weighted by Crippen LogP contribution is 2.13. The first-order valence-corrected chi connectivity index (χ1v) is 6.95. The molecular weight excluding hydrogens is 248 g/mol. The van der Waals surface area contributed by atoms with Crippen LogP contribution in [0.25, 0.3) is 11.0 Å². The Hall–Kier alpha value is -2.13. The predicted octanol–water partition coefficient (Wildman–Crippen LogP) is 3.03. The highest BCUT2D eigenvalue weighted by atomic mass is 16.3. The summed E-state index contributed by atoms with van der Waals surface area (Å²) >= 11 is 0. The number of para-hydroxylation sites is 2. The first-order chi connectivity index (χ1) is 9.83. The normalized spacial score (nSPS) is 12.7. The maximum atomic E-state index is 10.2. The average Bonchev–Trinajstić information content (AvgIpc) is 2.90. The van der Waals surface area contributed by atoms with Gasteiger partial charge in [-0.15, -0.1) is 0 Å². The van der Waals surface area contributed by atoms with Gasteiger partial charge in [-0.1, -0.05) is 42.5 Å². The summed E-state index contributed by atoms with van der Waals surface area (Å²) in [6.07, 6.45) is 3.11. The van der Waals surface area contributed by atoms with E-state index in [0.717, 1.165) is 23.9 Å². The van der Waals surface area contributed by atoms with E-state index in [1.54, 1.807) is 6.33 Å². The number of benzene rings is 2. The van der Waals surface area contributed by atoms with Crippen LogP contribution in [-0.4, -0.2) is 20.8 Å². The molecule has 0 aliphatic carbocycles. The Kier molecular flexibility index (Phi) is 3.79. The molecule has 0 aliphatic rings. The summed E-state index contributed by atoms with van der Waals surface area (Å²) in [5.74, 6) is 0. The zero-order chi connectivity index (χ0) is 13.8. The second kappa shape index (κ2) is 5.88. The van der Waals surface area contributed by atoms with Crippen LogP contribution >= 0.6 is 0 Å². The first kappa shape index (κ1) is 12.9. The summed E-state index contributed by atoms with van der Waals surface area (Å²) in [5.41, 5.74) is 3.32. The maximum absolute atomic E-state index is 10.2. The fraction of sp³-hybridized carbons (Fsp3) is 0.235. The highest BCUT2D eigenvalue weighted by Gasteiger charge is 2.08. The van der Waals surface area contributed by atoms with E-state index >= 15 is 0 Å². The molecule has 1 unspecified atom stereocenters. The van der Waals surface area contributed by atoms with Crippen molar-refractivity contribution in [1.82, 2.24) is 9.55 Å². The molecule has 1 aromatic heterocycles. The zero-order valence-electron chi connectivity index (χ0n) is 11.3. The fourth-order valence-corrected chi connectivity index (χ4v) is 2.45. The van der Waals surface area contributed by atoms with Gasteiger partial charge in [-0.3, -0.25) is 0 Å². The topological polar surface area (TPSA) is 38.0 Å². The van der Waals surface area contributed by atoms with E-state index in [1.807, 2.05) is 47.0 Å². The molecule has 20 heavy (non-hydrogen) atoms. The lowest BCUT2D eigenvalue weighted by molar-refractivity contribution is 0.146. The molecule has 2 aromatic carbocycles. The number of hydrogen-bond donors (Lipinski definition) is 1. The molecule has 1 atom stereocenters. The average molecular weight is 266 g/mol. The summed E-state index contributed by atoms with van der Waals surface area (Å²) in [6, 6.07) is 18.3. The number of nitrogens with zero attached hydrogens (tertiary/aromatic N) is 2. The van der Waals surface area contributed by atoms with Gasteiger partial charge >= 0.3 is 0 Å². The van der Waals surface area contributed by atoms with Gasteiger partial charge < -0.3 is 9.67 Å². The van der Waals surface area contributed by atoms with Crippen molar-refractivity contribution in [3.05, 3.63) is 66.5 Å². The van der Waals surface area contributed by atoms with E-state index in [1.165, 1.54) is 5.56 Å². The van der Waals surface area contributed by atoms with Crippen molar-refractivity contribution in [3.63, 3.8) is 0 Å². The molecule has 0 fully saturated rings. The fourth-order valence-electron chi connectivity index (χ4n) is 2.45. The Morgan fingerprint density at radius 2 is 1.75 bits per heavy atom. The second-order valence-electron chi connectivity index (χ2n) is 5.06. The molecule has 3 rings (SSSR count). The van der Waals surface area contributed by atoms with Crippen molar-refractivity contribution in [2.75, 3.05) is 0 Å². The predicted molar refractivity (Wildman–Crippen MR) is 80.5 cm³/mol. The van der Waals surface area contributed by atoms with Crippen LogP contribution < -0.4 is 0 Å². The van der Waals surface area contributed by atoms with Crippen LogP contribution in [0.1, 0.15) is 12.0 Å². The third-order valence-electron chi connectivity index (χ3n) is 3.54. The zero-order valence-corrected chi connectivity index (χ0v) is 11.3. The van der Waals surface area contributed by atoms with E-state index in [4.69, 9.17) is 0 Å². The largest absolute Gasteiger partial charge is 0.391 e. The molecule has 0 saturated carbocycles. The molecule has 0 bridgehead atoms. The quantitative estimate of drug-likeness (QED) is 0.771. The van der Waals surface area contributed by atoms with Gasteiger partial charge in [-0.25, -0.2) is 4.98 Å². The smallest absolute Gasteiger partial charge is 0.0959 e. The Labute approximate surface area is 118 Å². The van der Waals surface area contributed by atoms with Gasteiger partial charge in [0.1, 0.15) is 0 Å². The molecule has 102 valence electrons. The molecule has 3 nitrogen and oxygen atoms in total. The van der Waals surface area contributed by atoms with Gasteiger partial charge in [0.05, 0.1) is 30.0 Å². The van der Waals surface area contributed by atoms with Crippen molar-refractivity contribution in [2.24, 2.45) is 0 Å². The molecule has 0 radical (unpaired) electrons. The van der Waals surface area contributed by atoms with Crippen LogP contribution in [0.4, 0.5) is 0 Å². The van der Waals surface area contributed by atoms with E-state index in [9.17, 15) is 5.11 Å². The Morgan fingerprint density at radius 1 is 1.00 bits per heavy atom. The van der Waals surface area contributed by atoms with Gasteiger partial charge in [0, 0.05) is 0 Å². The minimum atomic E-state index is -0.354. The lowest BCUT2D eigenvalue weighted by Gasteiger charge is -2.12. The van der Waals surface area contributed by atoms with Gasteiger partial charge in [-0.05, 0) is 30.5 Å². The lowest BCUT2D eigenvalue weighted by Crippen LogP contribution is -2.16. The summed E-state index contributed by atoms with van der Waals surface area (Å²) in [7, 11) is 0. The van der Waals surface area contributed by atoms with Crippen LogP contribution in [0, 0.1) is 0 Å². The number of fused-ring (bicyclic) bond motifs is 1. The number of aliphatic hydroxyl groups is 1. The highest BCUT2D eigenvalue weighted by molar-refractivity contribution is 5.74. The van der Waals surface area contributed by atoms with Gasteiger partial charge in [-0.2, -0.15) is 0 Å². The summed E-state index contributed by atoms with van der Waals surface area (Å²) in [5, 5.41) is 10.2. The SMILES string of the molecule is OC(CCc1ccccc1)Cn1cnc2ccccc21. The van der Waals surface area contributed by atoms with Crippen LogP contribution in [0.2, 0.25) is 0 Å². The number of imidazole rings is 1. The standard InChI is InChI=1S/C17H18N2O/c20-15(11-10-14-6-2-1-3-7-14)12-19-13-18-16-8-4-5-9-17(16)19/h1-9,13,15,20H,10-12H2. The van der Waals surface area contributed by atoms with Crippen molar-refractivity contribution >= 4 is 11.0 Å². The van der Waals surface area contributed by atoms with Crippen LogP contribution in [0.15, 0.2) is 60.9 Å². The lowest BCUT2D eigenvalue weighted by atomic mass is 10.1. The van der Waals surface area contributed by atoms with E-state index in [2.05, 4.69) is 17.1 Å². The summed E-state index contributed by atoms with van der Waals surface area (Å²) < 4.78 is 2.02. The third-order valence-corrected chi connectivity index (χ3v) is 3.54. The summed E-state index contributed by atoms with van der Waals surface area (Å²) in [6.45, 7) is 0.591. The number of hydrogen-bond acceptors (Lipinski definition) is 2. The van der Waals surface area contributed by atoms with E-state index in [-0.39, 0.29) is 6.10 Å². The summed E-state index contributed by atoms with van der Waals surface area (Å²) in [4.78, 5) is 4.34. The number of aliphatic hydroxyl groups excluding tert-OH is 1. The number of aryl methyl sites for hydroxylation is 1. The van der Waals surface area contributed by atoms with Crippen LogP contribution in [0.5, 0.6) is 0 Å². The van der Waals surface area contributed by atoms with Crippen molar-refractivity contribution in [1.29, 1.82) is 0 Å². The molecule has 0 amide bonds. The molecular formula is C17H18N2O. The van der Waals surface area contributed by atoms with E-state index < -0.39 is 0 Å². The third kappa shape index (κ3) is 2.89. The van der Waals surface area contributed by atoms with E-state index in [0.29, 0.717) is 6.54 Å². The Balaban J connectivity index is 1.63. The molecule has 0 saturated heterocycles. The first-order valence-electron chi connectivity index (χ1n) is 6.95. The second-order valence-corrected chi connectivity index (χ2v) is 5.06. The molecule has 0 aliphatic heterocycles. The van der Waals surface area contributed by atoms with Crippen LogP contribution in [0.3, 0.4) is 0 Å². The van der Waals surface area contributed by atoms with Gasteiger partial charge in [0.15, 0.2) is 0 Å². The van der Waals surface area contributed by atoms with Gasteiger partial charge in [0.2, 0.25) is 0 Å². The number of rotatable bonds is 5. The monoisotopic (exact) mass is 266 g/mol. The van der Waals surface area contributed by atoms with Crippen LogP contribution in [-0.2, 0) is 13.0 Å². The van der Waals surface area contributed by atoms with Gasteiger partial charge in [0.25, 0.3) is 0 Å². The Morgan fingerprint density at radius 3 is 2.60 bits per heavy atom. The molecule has 0 spiro atoms. The molecule has 3 aromatic rings. The number of aromatic nitrogens is 2. The van der Waals surface area contributed by atoms with Crippen molar-refractivity contribution in [3.8, 4) is 0 Å². The molecule has 1 heterocycles. The maximum Gasteiger partial charge on any atom is 0.0959 e. The van der Waals surface area contributed by atoms with Crippen molar-refractivity contribution in [2.45, 2.75) is 25.5 Å². The Bertz CT molecular complexity index is 676. The minimum absolute atomic E-state index is 0.354. The molecule has 1 N–H and O–H groups in total. The minimum Gasteiger partial charge on any atom is -0.391 e. The molecule has 3 heteroatoms.